The highest BCUT2D eigenvalue weighted by Crippen LogP contribution is 2.10. The number of ether oxygens (including phenoxy) is 1. The fourth-order valence-electron chi connectivity index (χ4n) is 1.66. The Balaban J connectivity index is 0.00000289. The van der Waals surface area contributed by atoms with Crippen LogP contribution in [-0.2, 0) is 4.74 Å². The van der Waals surface area contributed by atoms with Crippen LogP contribution in [0.25, 0.3) is 0 Å². The second-order valence-corrected chi connectivity index (χ2v) is 4.71. The lowest BCUT2D eigenvalue weighted by Gasteiger charge is -2.16. The number of aliphatic imine (C=N–C) groups is 1. The molecule has 0 amide bonds. The first-order valence-corrected chi connectivity index (χ1v) is 6.42. The largest absolute Gasteiger partial charge is 0.377 e. The van der Waals surface area contributed by atoms with E-state index in [4.69, 9.17) is 4.74 Å². The SMILES string of the molecule is CN=C(NCCC1=CCOCC1)NCC(C)C.I. The van der Waals surface area contributed by atoms with Gasteiger partial charge in [-0.25, -0.2) is 0 Å². The second-order valence-electron chi connectivity index (χ2n) is 4.71. The first-order valence-electron chi connectivity index (χ1n) is 6.42. The Kier molecular flexibility index (Phi) is 10.4. The second kappa shape index (κ2) is 10.6. The van der Waals surface area contributed by atoms with E-state index in [9.17, 15) is 0 Å². The quantitative estimate of drug-likeness (QED) is 0.339. The Morgan fingerprint density at radius 3 is 2.78 bits per heavy atom. The van der Waals surface area contributed by atoms with Crippen molar-refractivity contribution in [3.8, 4) is 0 Å². The van der Waals surface area contributed by atoms with Gasteiger partial charge >= 0.3 is 0 Å². The first-order chi connectivity index (χ1) is 8.22. The molecule has 0 radical (unpaired) electrons. The highest BCUT2D eigenvalue weighted by atomic mass is 127. The average Bonchev–Trinajstić information content (AvgIpc) is 2.34. The predicted molar refractivity (Wildman–Crippen MR) is 87.8 cm³/mol. The van der Waals surface area contributed by atoms with Crippen LogP contribution >= 0.6 is 24.0 Å². The molecule has 0 saturated carbocycles. The third kappa shape index (κ3) is 7.92. The molecular formula is C13H26IN3O. The normalized spacial score (nSPS) is 16.0. The molecule has 1 heterocycles. The zero-order valence-electron chi connectivity index (χ0n) is 11.7. The van der Waals surface area contributed by atoms with Gasteiger partial charge in [-0.05, 0) is 18.8 Å². The van der Waals surface area contributed by atoms with Gasteiger partial charge in [0.15, 0.2) is 5.96 Å². The topological polar surface area (TPSA) is 45.7 Å². The van der Waals surface area contributed by atoms with Gasteiger partial charge in [0.25, 0.3) is 0 Å². The molecule has 0 aromatic heterocycles. The standard InChI is InChI=1S/C13H25N3O.HI/c1-11(2)10-16-13(14-3)15-7-4-12-5-8-17-9-6-12;/h5,11H,4,6-10H2,1-3H3,(H2,14,15,16);1H. The smallest absolute Gasteiger partial charge is 0.190 e. The fourth-order valence-corrected chi connectivity index (χ4v) is 1.66. The summed E-state index contributed by atoms with van der Waals surface area (Å²) >= 11 is 0. The van der Waals surface area contributed by atoms with Crippen molar-refractivity contribution in [3.05, 3.63) is 11.6 Å². The third-order valence-electron chi connectivity index (χ3n) is 2.70. The average molecular weight is 367 g/mol. The molecule has 0 saturated heterocycles. The van der Waals surface area contributed by atoms with E-state index in [0.29, 0.717) is 5.92 Å². The third-order valence-corrected chi connectivity index (χ3v) is 2.70. The van der Waals surface area contributed by atoms with Gasteiger partial charge in [0.05, 0.1) is 13.2 Å². The van der Waals surface area contributed by atoms with Gasteiger partial charge in [-0.15, -0.1) is 24.0 Å². The number of nitrogens with zero attached hydrogens (tertiary/aromatic N) is 1. The Morgan fingerprint density at radius 1 is 1.44 bits per heavy atom. The summed E-state index contributed by atoms with van der Waals surface area (Å²) in [5, 5.41) is 6.63. The van der Waals surface area contributed by atoms with Crippen LogP contribution in [0.1, 0.15) is 26.7 Å². The van der Waals surface area contributed by atoms with Crippen LogP contribution < -0.4 is 10.6 Å². The molecule has 4 nitrogen and oxygen atoms in total. The van der Waals surface area contributed by atoms with Crippen LogP contribution in [0.15, 0.2) is 16.6 Å². The molecule has 18 heavy (non-hydrogen) atoms. The molecule has 1 aliphatic heterocycles. The van der Waals surface area contributed by atoms with Gasteiger partial charge in [-0.1, -0.05) is 25.5 Å². The monoisotopic (exact) mass is 367 g/mol. The lowest BCUT2D eigenvalue weighted by molar-refractivity contribution is 0.153. The summed E-state index contributed by atoms with van der Waals surface area (Å²) in [5.41, 5.74) is 1.49. The number of hydrogen-bond donors (Lipinski definition) is 2. The number of nitrogens with one attached hydrogen (secondary N) is 2. The molecule has 5 heteroatoms. The van der Waals surface area contributed by atoms with Crippen LogP contribution in [0.3, 0.4) is 0 Å². The fraction of sp³-hybridized carbons (Fsp3) is 0.769. The highest BCUT2D eigenvalue weighted by Gasteiger charge is 2.04. The minimum atomic E-state index is 0. The molecule has 106 valence electrons. The van der Waals surface area contributed by atoms with E-state index >= 15 is 0 Å². The maximum absolute atomic E-state index is 5.28. The number of hydrogen-bond acceptors (Lipinski definition) is 2. The zero-order chi connectivity index (χ0) is 12.5. The maximum atomic E-state index is 5.28. The Labute approximate surface area is 128 Å². The molecule has 0 aromatic rings. The van der Waals surface area contributed by atoms with Crippen LogP contribution in [0.4, 0.5) is 0 Å². The van der Waals surface area contributed by atoms with Crippen LogP contribution in [0.5, 0.6) is 0 Å². The minimum absolute atomic E-state index is 0. The van der Waals surface area contributed by atoms with Crippen molar-refractivity contribution >= 4 is 29.9 Å². The zero-order valence-corrected chi connectivity index (χ0v) is 14.0. The molecule has 0 atom stereocenters. The molecule has 1 rings (SSSR count). The van der Waals surface area contributed by atoms with Gasteiger partial charge in [0, 0.05) is 20.1 Å². The van der Waals surface area contributed by atoms with E-state index in [1.807, 2.05) is 7.05 Å². The van der Waals surface area contributed by atoms with Gasteiger partial charge in [0.2, 0.25) is 0 Å². The van der Waals surface area contributed by atoms with Gasteiger partial charge in [-0.2, -0.15) is 0 Å². The van der Waals surface area contributed by atoms with E-state index < -0.39 is 0 Å². The van der Waals surface area contributed by atoms with Crippen LogP contribution in [-0.4, -0.2) is 39.3 Å². The van der Waals surface area contributed by atoms with Gasteiger partial charge in [0.1, 0.15) is 0 Å². The Morgan fingerprint density at radius 2 is 2.22 bits per heavy atom. The van der Waals surface area contributed by atoms with Crippen molar-refractivity contribution in [1.82, 2.24) is 10.6 Å². The first kappa shape index (κ1) is 17.7. The predicted octanol–water partition coefficient (Wildman–Crippen LogP) is 2.16. The summed E-state index contributed by atoms with van der Waals surface area (Å²) in [5.74, 6) is 1.53. The molecular weight excluding hydrogens is 341 g/mol. The summed E-state index contributed by atoms with van der Waals surface area (Å²) in [7, 11) is 1.81. The number of rotatable bonds is 5. The summed E-state index contributed by atoms with van der Waals surface area (Å²) in [6.07, 6.45) is 4.33. The maximum Gasteiger partial charge on any atom is 0.190 e. The summed E-state index contributed by atoms with van der Waals surface area (Å²) in [6, 6.07) is 0. The van der Waals surface area contributed by atoms with Crippen molar-refractivity contribution in [3.63, 3.8) is 0 Å². The van der Waals surface area contributed by atoms with Crippen molar-refractivity contribution in [2.45, 2.75) is 26.7 Å². The summed E-state index contributed by atoms with van der Waals surface area (Å²) in [6.45, 7) is 7.90. The van der Waals surface area contributed by atoms with E-state index in [-0.39, 0.29) is 24.0 Å². The molecule has 0 unspecified atom stereocenters. The van der Waals surface area contributed by atoms with Crippen molar-refractivity contribution < 1.29 is 4.74 Å². The highest BCUT2D eigenvalue weighted by molar-refractivity contribution is 14.0. The van der Waals surface area contributed by atoms with E-state index in [1.165, 1.54) is 5.57 Å². The van der Waals surface area contributed by atoms with Gasteiger partial charge < -0.3 is 15.4 Å². The van der Waals surface area contributed by atoms with Crippen LogP contribution in [0.2, 0.25) is 0 Å². The summed E-state index contributed by atoms with van der Waals surface area (Å²) < 4.78 is 5.28. The molecule has 0 fully saturated rings. The molecule has 0 aliphatic carbocycles. The molecule has 0 spiro atoms. The Hall–Kier alpha value is -0.300. The number of halogens is 1. The Bertz CT molecular complexity index is 277. The molecule has 0 bridgehead atoms. The molecule has 0 aromatic carbocycles. The molecule has 2 N–H and O–H groups in total. The van der Waals surface area contributed by atoms with Crippen molar-refractivity contribution in [2.75, 3.05) is 33.4 Å². The van der Waals surface area contributed by atoms with Crippen LogP contribution in [0, 0.1) is 5.92 Å². The van der Waals surface area contributed by atoms with E-state index in [0.717, 1.165) is 45.1 Å². The number of guanidine groups is 1. The van der Waals surface area contributed by atoms with Crippen molar-refractivity contribution in [2.24, 2.45) is 10.9 Å². The van der Waals surface area contributed by atoms with E-state index in [2.05, 4.69) is 35.5 Å². The lowest BCUT2D eigenvalue weighted by Crippen LogP contribution is -2.39. The molecule has 1 aliphatic rings. The van der Waals surface area contributed by atoms with E-state index in [1.54, 1.807) is 0 Å². The lowest BCUT2D eigenvalue weighted by atomic mass is 10.1. The minimum Gasteiger partial charge on any atom is -0.377 e. The van der Waals surface area contributed by atoms with Gasteiger partial charge in [-0.3, -0.25) is 4.99 Å². The summed E-state index contributed by atoms with van der Waals surface area (Å²) in [4.78, 5) is 4.19. The van der Waals surface area contributed by atoms with Crippen molar-refractivity contribution in [1.29, 1.82) is 0 Å².